The normalized spacial score (nSPS) is 28.4. The Hall–Kier alpha value is -0.780. The van der Waals surface area contributed by atoms with Gasteiger partial charge in [0.25, 0.3) is 0 Å². The molecule has 3 rings (SSSR count). The molecule has 5 heteroatoms. The van der Waals surface area contributed by atoms with Crippen molar-refractivity contribution in [3.63, 3.8) is 0 Å². The summed E-state index contributed by atoms with van der Waals surface area (Å²) in [5.41, 5.74) is 10.1. The molecule has 1 aliphatic rings. The highest BCUT2D eigenvalue weighted by molar-refractivity contribution is 7.10. The zero-order valence-corrected chi connectivity index (χ0v) is 12.1. The first-order chi connectivity index (χ1) is 8.67. The summed E-state index contributed by atoms with van der Waals surface area (Å²) in [5.74, 6) is 0.704. The quantitative estimate of drug-likeness (QED) is 0.913. The zero-order valence-electron chi connectivity index (χ0n) is 10.4. The topological polar surface area (TPSA) is 51.8 Å². The summed E-state index contributed by atoms with van der Waals surface area (Å²) in [7, 11) is 0. The van der Waals surface area contributed by atoms with E-state index in [1.807, 2.05) is 10.9 Å². The highest BCUT2D eigenvalue weighted by Crippen LogP contribution is 2.39. The summed E-state index contributed by atoms with van der Waals surface area (Å²) < 4.78 is 0. The maximum atomic E-state index is 6.57. The standard InChI is InChI=1S/C13H17N3S2/c1-9-3-2-4-13(14,5-9)12-16-11(7-18-12)10-6-17-8-15-10/h6-9H,2-5,14H2,1H3. The predicted molar refractivity (Wildman–Crippen MR) is 76.7 cm³/mol. The van der Waals surface area contributed by atoms with Gasteiger partial charge in [0.1, 0.15) is 16.4 Å². The molecule has 2 unspecified atom stereocenters. The lowest BCUT2D eigenvalue weighted by atomic mass is 9.77. The van der Waals surface area contributed by atoms with Crippen LogP contribution in [0.3, 0.4) is 0 Å². The second-order valence-corrected chi connectivity index (χ2v) is 6.85. The number of hydrogen-bond donors (Lipinski definition) is 1. The molecule has 2 N–H and O–H groups in total. The molecule has 0 radical (unpaired) electrons. The maximum absolute atomic E-state index is 6.57. The Morgan fingerprint density at radius 2 is 2.28 bits per heavy atom. The van der Waals surface area contributed by atoms with Crippen molar-refractivity contribution in [1.82, 2.24) is 9.97 Å². The van der Waals surface area contributed by atoms with Gasteiger partial charge in [-0.2, -0.15) is 0 Å². The van der Waals surface area contributed by atoms with E-state index in [4.69, 9.17) is 10.7 Å². The molecule has 1 aliphatic carbocycles. The first kappa shape index (κ1) is 12.3. The van der Waals surface area contributed by atoms with E-state index in [0.717, 1.165) is 29.2 Å². The van der Waals surface area contributed by atoms with Crippen molar-refractivity contribution in [2.45, 2.75) is 38.1 Å². The van der Waals surface area contributed by atoms with Crippen molar-refractivity contribution in [1.29, 1.82) is 0 Å². The smallest absolute Gasteiger partial charge is 0.113 e. The number of nitrogens with two attached hydrogens (primary N) is 1. The van der Waals surface area contributed by atoms with Gasteiger partial charge in [0, 0.05) is 10.8 Å². The first-order valence-corrected chi connectivity index (χ1v) is 8.13. The zero-order chi connectivity index (χ0) is 12.6. The van der Waals surface area contributed by atoms with Crippen LogP contribution in [0.1, 0.15) is 37.6 Å². The summed E-state index contributed by atoms with van der Waals surface area (Å²) in [5, 5.41) is 5.20. The minimum Gasteiger partial charge on any atom is -0.319 e. The van der Waals surface area contributed by atoms with Gasteiger partial charge in [-0.3, -0.25) is 0 Å². The average Bonchev–Trinajstić information content (AvgIpc) is 3.00. The van der Waals surface area contributed by atoms with Crippen LogP contribution in [0, 0.1) is 5.92 Å². The van der Waals surface area contributed by atoms with Crippen molar-refractivity contribution in [3.8, 4) is 11.4 Å². The molecule has 0 aliphatic heterocycles. The van der Waals surface area contributed by atoms with Gasteiger partial charge in [0.05, 0.1) is 11.0 Å². The lowest BCUT2D eigenvalue weighted by Crippen LogP contribution is -2.40. The minimum absolute atomic E-state index is 0.212. The summed E-state index contributed by atoms with van der Waals surface area (Å²) in [6, 6.07) is 0. The molecule has 2 atom stereocenters. The molecule has 96 valence electrons. The van der Waals surface area contributed by atoms with E-state index in [1.54, 1.807) is 22.7 Å². The molecule has 0 bridgehead atoms. The lowest BCUT2D eigenvalue weighted by molar-refractivity contribution is 0.238. The molecule has 1 saturated carbocycles. The average molecular weight is 279 g/mol. The van der Waals surface area contributed by atoms with Crippen LogP contribution in [0.15, 0.2) is 16.3 Å². The van der Waals surface area contributed by atoms with Crippen molar-refractivity contribution in [3.05, 3.63) is 21.3 Å². The summed E-state index contributed by atoms with van der Waals surface area (Å²) in [4.78, 5) is 9.02. The Labute approximate surface area is 115 Å². The largest absolute Gasteiger partial charge is 0.319 e. The maximum Gasteiger partial charge on any atom is 0.113 e. The second-order valence-electron chi connectivity index (χ2n) is 5.27. The van der Waals surface area contributed by atoms with Crippen LogP contribution in [0.25, 0.3) is 11.4 Å². The molecule has 3 nitrogen and oxygen atoms in total. The third-order valence-electron chi connectivity index (χ3n) is 3.66. The lowest BCUT2D eigenvalue weighted by Gasteiger charge is -2.35. The van der Waals surface area contributed by atoms with Crippen LogP contribution < -0.4 is 5.73 Å². The number of aromatic nitrogens is 2. The van der Waals surface area contributed by atoms with Crippen LogP contribution in [-0.2, 0) is 5.54 Å². The fourth-order valence-corrected chi connectivity index (χ4v) is 4.26. The van der Waals surface area contributed by atoms with E-state index in [-0.39, 0.29) is 5.54 Å². The number of nitrogens with zero attached hydrogens (tertiary/aromatic N) is 2. The molecule has 2 aromatic rings. The van der Waals surface area contributed by atoms with E-state index in [9.17, 15) is 0 Å². The third kappa shape index (κ3) is 2.22. The van der Waals surface area contributed by atoms with E-state index < -0.39 is 0 Å². The van der Waals surface area contributed by atoms with E-state index >= 15 is 0 Å². The molecule has 0 aromatic carbocycles. The van der Waals surface area contributed by atoms with Gasteiger partial charge in [0.2, 0.25) is 0 Å². The predicted octanol–water partition coefficient (Wildman–Crippen LogP) is 3.63. The molecule has 0 spiro atoms. The fraction of sp³-hybridized carbons (Fsp3) is 0.538. The highest BCUT2D eigenvalue weighted by Gasteiger charge is 2.35. The SMILES string of the molecule is CC1CCCC(N)(c2nc(-c3cscn3)cs2)C1. The van der Waals surface area contributed by atoms with Crippen molar-refractivity contribution >= 4 is 22.7 Å². The summed E-state index contributed by atoms with van der Waals surface area (Å²) in [6.07, 6.45) is 4.62. The summed E-state index contributed by atoms with van der Waals surface area (Å²) in [6.45, 7) is 2.29. The Bertz CT molecular complexity index is 520. The van der Waals surface area contributed by atoms with Crippen LogP contribution in [0.4, 0.5) is 0 Å². The number of thiazole rings is 2. The molecule has 0 amide bonds. The Balaban J connectivity index is 1.88. The molecule has 2 aromatic heterocycles. The van der Waals surface area contributed by atoms with Crippen molar-refractivity contribution in [2.24, 2.45) is 11.7 Å². The van der Waals surface area contributed by atoms with Gasteiger partial charge in [-0.25, -0.2) is 9.97 Å². The van der Waals surface area contributed by atoms with Gasteiger partial charge in [-0.05, 0) is 18.8 Å². The Morgan fingerprint density at radius 1 is 1.39 bits per heavy atom. The van der Waals surface area contributed by atoms with E-state index in [2.05, 4.69) is 17.3 Å². The van der Waals surface area contributed by atoms with Crippen molar-refractivity contribution in [2.75, 3.05) is 0 Å². The molecule has 2 heterocycles. The molecular formula is C13H17N3S2. The second kappa shape index (κ2) is 4.72. The van der Waals surface area contributed by atoms with Crippen LogP contribution >= 0.6 is 22.7 Å². The Kier molecular flexibility index (Phi) is 3.21. The van der Waals surface area contributed by atoms with Gasteiger partial charge in [0.15, 0.2) is 0 Å². The minimum atomic E-state index is -0.212. The van der Waals surface area contributed by atoms with Gasteiger partial charge in [-0.15, -0.1) is 22.7 Å². The molecule has 18 heavy (non-hydrogen) atoms. The highest BCUT2D eigenvalue weighted by atomic mass is 32.1. The fourth-order valence-electron chi connectivity index (χ4n) is 2.75. The van der Waals surface area contributed by atoms with Crippen LogP contribution in [0.2, 0.25) is 0 Å². The van der Waals surface area contributed by atoms with Crippen LogP contribution in [-0.4, -0.2) is 9.97 Å². The van der Waals surface area contributed by atoms with Gasteiger partial charge in [-0.1, -0.05) is 19.8 Å². The van der Waals surface area contributed by atoms with Gasteiger partial charge >= 0.3 is 0 Å². The van der Waals surface area contributed by atoms with E-state index in [1.165, 1.54) is 12.8 Å². The van der Waals surface area contributed by atoms with E-state index in [0.29, 0.717) is 5.92 Å². The molecule has 0 saturated heterocycles. The molecular weight excluding hydrogens is 262 g/mol. The number of rotatable bonds is 2. The van der Waals surface area contributed by atoms with Gasteiger partial charge < -0.3 is 5.73 Å². The van der Waals surface area contributed by atoms with Crippen LogP contribution in [0.5, 0.6) is 0 Å². The molecule has 1 fully saturated rings. The third-order valence-corrected chi connectivity index (χ3v) is 5.31. The number of hydrogen-bond acceptors (Lipinski definition) is 5. The first-order valence-electron chi connectivity index (χ1n) is 6.31. The monoisotopic (exact) mass is 279 g/mol. The Morgan fingerprint density at radius 3 is 3.00 bits per heavy atom. The summed E-state index contributed by atoms with van der Waals surface area (Å²) >= 11 is 3.28. The van der Waals surface area contributed by atoms with Crippen molar-refractivity contribution < 1.29 is 0 Å².